The Morgan fingerprint density at radius 2 is 1.94 bits per heavy atom. The molecule has 0 aliphatic rings. The van der Waals surface area contributed by atoms with Gasteiger partial charge in [0.1, 0.15) is 5.82 Å². The molecule has 0 aliphatic heterocycles. The van der Waals surface area contributed by atoms with Gasteiger partial charge in [0.25, 0.3) is 0 Å². The Labute approximate surface area is 108 Å². The number of fused-ring (bicyclic) bond motifs is 1. The van der Waals surface area contributed by atoms with Crippen LogP contribution in [-0.2, 0) is 5.54 Å². The molecular formula is C14H19ClN2. The smallest absolute Gasteiger partial charge is 0.128 e. The maximum Gasteiger partial charge on any atom is 0.128 e. The van der Waals surface area contributed by atoms with Crippen molar-refractivity contribution in [1.82, 2.24) is 9.55 Å². The Balaban J connectivity index is 2.86. The van der Waals surface area contributed by atoms with Crippen molar-refractivity contribution < 1.29 is 0 Å². The topological polar surface area (TPSA) is 17.8 Å². The molecule has 2 rings (SSSR count). The van der Waals surface area contributed by atoms with Crippen LogP contribution < -0.4 is 0 Å². The van der Waals surface area contributed by atoms with Gasteiger partial charge >= 0.3 is 0 Å². The van der Waals surface area contributed by atoms with Gasteiger partial charge in [0.2, 0.25) is 0 Å². The molecule has 0 fully saturated rings. The van der Waals surface area contributed by atoms with Crippen LogP contribution in [0.25, 0.3) is 11.0 Å². The lowest BCUT2D eigenvalue weighted by atomic mass is 10.1. The SMILES string of the molecule is Cc1cccc2c1nc(C(C)Cl)n2C(C)(C)C. The molecule has 0 spiro atoms. The molecule has 0 amide bonds. The summed E-state index contributed by atoms with van der Waals surface area (Å²) >= 11 is 6.25. The van der Waals surface area contributed by atoms with E-state index in [2.05, 4.69) is 50.5 Å². The molecule has 17 heavy (non-hydrogen) atoms. The fourth-order valence-corrected chi connectivity index (χ4v) is 2.38. The monoisotopic (exact) mass is 250 g/mol. The normalized spacial score (nSPS) is 14.2. The van der Waals surface area contributed by atoms with Crippen LogP contribution >= 0.6 is 11.6 Å². The van der Waals surface area contributed by atoms with E-state index >= 15 is 0 Å². The molecule has 2 aromatic rings. The van der Waals surface area contributed by atoms with E-state index in [1.807, 2.05) is 6.92 Å². The van der Waals surface area contributed by atoms with Gasteiger partial charge < -0.3 is 4.57 Å². The molecule has 1 heterocycles. The molecule has 1 aromatic carbocycles. The third-order valence-corrected chi connectivity index (χ3v) is 3.13. The second-order valence-electron chi connectivity index (χ2n) is 5.53. The van der Waals surface area contributed by atoms with Crippen molar-refractivity contribution in [3.63, 3.8) is 0 Å². The highest BCUT2D eigenvalue weighted by molar-refractivity contribution is 6.20. The molecule has 1 unspecified atom stereocenters. The van der Waals surface area contributed by atoms with Crippen LogP contribution in [-0.4, -0.2) is 9.55 Å². The lowest BCUT2D eigenvalue weighted by molar-refractivity contribution is 0.394. The summed E-state index contributed by atoms with van der Waals surface area (Å²) in [5.41, 5.74) is 3.41. The van der Waals surface area contributed by atoms with Crippen LogP contribution in [0.15, 0.2) is 18.2 Å². The predicted molar refractivity (Wildman–Crippen MR) is 73.7 cm³/mol. The maximum absolute atomic E-state index is 6.25. The number of nitrogens with zero attached hydrogens (tertiary/aromatic N) is 2. The summed E-state index contributed by atoms with van der Waals surface area (Å²) in [7, 11) is 0. The third kappa shape index (κ3) is 2.06. The van der Waals surface area contributed by atoms with Crippen LogP contribution in [0.4, 0.5) is 0 Å². The number of imidazole rings is 1. The van der Waals surface area contributed by atoms with Crippen LogP contribution in [0.2, 0.25) is 0 Å². The quantitative estimate of drug-likeness (QED) is 0.686. The summed E-state index contributed by atoms with van der Waals surface area (Å²) < 4.78 is 2.24. The zero-order valence-electron chi connectivity index (χ0n) is 11.1. The first-order valence-electron chi connectivity index (χ1n) is 5.95. The lowest BCUT2D eigenvalue weighted by Gasteiger charge is -2.25. The summed E-state index contributed by atoms with van der Waals surface area (Å²) in [4.78, 5) is 4.71. The summed E-state index contributed by atoms with van der Waals surface area (Å²) in [5, 5.41) is -0.0824. The first-order valence-corrected chi connectivity index (χ1v) is 6.38. The van der Waals surface area contributed by atoms with Crippen molar-refractivity contribution in [3.05, 3.63) is 29.6 Å². The average Bonchev–Trinajstić information content (AvgIpc) is 2.57. The summed E-state index contributed by atoms with van der Waals surface area (Å²) in [6, 6.07) is 6.28. The molecule has 0 saturated carbocycles. The number of aryl methyl sites for hydroxylation is 1. The first-order chi connectivity index (χ1) is 7.82. The molecule has 1 atom stereocenters. The van der Waals surface area contributed by atoms with E-state index in [-0.39, 0.29) is 10.9 Å². The molecule has 0 bridgehead atoms. The Kier molecular flexibility index (Phi) is 2.94. The van der Waals surface area contributed by atoms with E-state index in [0.717, 1.165) is 11.3 Å². The Bertz CT molecular complexity index is 547. The maximum atomic E-state index is 6.25. The first kappa shape index (κ1) is 12.4. The number of benzene rings is 1. The minimum atomic E-state index is -0.0824. The summed E-state index contributed by atoms with van der Waals surface area (Å²) in [5.74, 6) is 0.948. The molecule has 0 saturated heterocycles. The lowest BCUT2D eigenvalue weighted by Crippen LogP contribution is -2.24. The standard InChI is InChI=1S/C14H19ClN2/c1-9-7-6-8-11-12(9)16-13(10(2)15)17(11)14(3,4)5/h6-8,10H,1-5H3. The van der Waals surface area contributed by atoms with Gasteiger partial charge in [-0.05, 0) is 46.2 Å². The Morgan fingerprint density at radius 3 is 2.47 bits per heavy atom. The molecular weight excluding hydrogens is 232 g/mol. The van der Waals surface area contributed by atoms with Gasteiger partial charge in [0, 0.05) is 5.54 Å². The zero-order chi connectivity index (χ0) is 12.8. The summed E-state index contributed by atoms with van der Waals surface area (Å²) in [6.45, 7) is 10.6. The second-order valence-corrected chi connectivity index (χ2v) is 6.19. The van der Waals surface area contributed by atoms with E-state index in [1.54, 1.807) is 0 Å². The fourth-order valence-electron chi connectivity index (χ4n) is 2.23. The molecule has 2 nitrogen and oxygen atoms in total. The van der Waals surface area contributed by atoms with Crippen molar-refractivity contribution in [2.75, 3.05) is 0 Å². The highest BCUT2D eigenvalue weighted by Gasteiger charge is 2.23. The van der Waals surface area contributed by atoms with Gasteiger partial charge in [0.15, 0.2) is 0 Å². The minimum Gasteiger partial charge on any atom is -0.321 e. The Morgan fingerprint density at radius 1 is 1.29 bits per heavy atom. The largest absolute Gasteiger partial charge is 0.321 e. The second kappa shape index (κ2) is 4.02. The average molecular weight is 251 g/mol. The van der Waals surface area contributed by atoms with Gasteiger partial charge in [-0.1, -0.05) is 12.1 Å². The van der Waals surface area contributed by atoms with Crippen molar-refractivity contribution in [2.45, 2.75) is 45.5 Å². The molecule has 0 N–H and O–H groups in total. The van der Waals surface area contributed by atoms with E-state index in [0.29, 0.717) is 0 Å². The van der Waals surface area contributed by atoms with Gasteiger partial charge in [-0.15, -0.1) is 11.6 Å². The molecule has 3 heteroatoms. The number of rotatable bonds is 1. The number of hydrogen-bond donors (Lipinski definition) is 0. The third-order valence-electron chi connectivity index (χ3n) is 2.94. The highest BCUT2D eigenvalue weighted by Crippen LogP contribution is 2.31. The number of alkyl halides is 1. The van der Waals surface area contributed by atoms with E-state index < -0.39 is 0 Å². The van der Waals surface area contributed by atoms with Crippen LogP contribution in [0, 0.1) is 6.92 Å². The van der Waals surface area contributed by atoms with E-state index in [1.165, 1.54) is 11.1 Å². The highest BCUT2D eigenvalue weighted by atomic mass is 35.5. The zero-order valence-corrected chi connectivity index (χ0v) is 11.8. The van der Waals surface area contributed by atoms with Gasteiger partial charge in [-0.25, -0.2) is 4.98 Å². The molecule has 92 valence electrons. The van der Waals surface area contributed by atoms with Crippen LogP contribution in [0.3, 0.4) is 0 Å². The van der Waals surface area contributed by atoms with Gasteiger partial charge in [-0.3, -0.25) is 0 Å². The number of halogens is 1. The van der Waals surface area contributed by atoms with Crippen LogP contribution in [0.1, 0.15) is 44.5 Å². The molecule has 0 radical (unpaired) electrons. The van der Waals surface area contributed by atoms with Crippen LogP contribution in [0.5, 0.6) is 0 Å². The van der Waals surface area contributed by atoms with Crippen molar-refractivity contribution >= 4 is 22.6 Å². The molecule has 1 aromatic heterocycles. The number of hydrogen-bond acceptors (Lipinski definition) is 1. The predicted octanol–water partition coefficient (Wildman–Crippen LogP) is 4.40. The van der Waals surface area contributed by atoms with Crippen molar-refractivity contribution in [3.8, 4) is 0 Å². The fraction of sp³-hybridized carbons (Fsp3) is 0.500. The van der Waals surface area contributed by atoms with Crippen molar-refractivity contribution in [2.24, 2.45) is 0 Å². The van der Waals surface area contributed by atoms with Crippen molar-refractivity contribution in [1.29, 1.82) is 0 Å². The Hall–Kier alpha value is -1.02. The van der Waals surface area contributed by atoms with Gasteiger partial charge in [-0.2, -0.15) is 0 Å². The number of para-hydroxylation sites is 1. The van der Waals surface area contributed by atoms with E-state index in [4.69, 9.17) is 16.6 Å². The van der Waals surface area contributed by atoms with Gasteiger partial charge in [0.05, 0.1) is 16.4 Å². The molecule has 0 aliphatic carbocycles. The van der Waals surface area contributed by atoms with E-state index in [9.17, 15) is 0 Å². The summed E-state index contributed by atoms with van der Waals surface area (Å²) in [6.07, 6.45) is 0. The number of aromatic nitrogens is 2. The minimum absolute atomic E-state index is 0.0129.